The van der Waals surface area contributed by atoms with Crippen LogP contribution in [0.2, 0.25) is 0 Å². The minimum Gasteiger partial charge on any atom is -0.497 e. The summed E-state index contributed by atoms with van der Waals surface area (Å²) < 4.78 is 21.2. The Balaban J connectivity index is 1.33. The number of amides is 1. The predicted molar refractivity (Wildman–Crippen MR) is 119 cm³/mol. The number of benzene rings is 3. The van der Waals surface area contributed by atoms with Gasteiger partial charge in [0.05, 0.1) is 14.2 Å². The van der Waals surface area contributed by atoms with Crippen molar-refractivity contribution in [1.29, 1.82) is 0 Å². The van der Waals surface area contributed by atoms with Crippen LogP contribution in [0.15, 0.2) is 77.3 Å². The van der Waals surface area contributed by atoms with Crippen molar-refractivity contribution in [3.05, 3.63) is 72.8 Å². The van der Waals surface area contributed by atoms with Crippen LogP contribution in [0.5, 0.6) is 17.2 Å². The first-order chi connectivity index (χ1) is 15.6. The molecule has 0 radical (unpaired) electrons. The SMILES string of the molecule is COc1ccc(NC(=O)COc2ccc(-c3nc(-c4ccc(OC)cc4)no3)cc2)cc1. The number of hydrogen-bond acceptors (Lipinski definition) is 7. The highest BCUT2D eigenvalue weighted by atomic mass is 16.5. The molecule has 0 aliphatic carbocycles. The van der Waals surface area contributed by atoms with Crippen molar-refractivity contribution in [2.45, 2.75) is 0 Å². The van der Waals surface area contributed by atoms with Crippen LogP contribution in [-0.2, 0) is 4.79 Å². The van der Waals surface area contributed by atoms with Gasteiger partial charge in [0.25, 0.3) is 11.8 Å². The number of hydrogen-bond donors (Lipinski definition) is 1. The number of anilines is 1. The highest BCUT2D eigenvalue weighted by Crippen LogP contribution is 2.25. The van der Waals surface area contributed by atoms with Crippen molar-refractivity contribution >= 4 is 11.6 Å². The average molecular weight is 431 g/mol. The van der Waals surface area contributed by atoms with E-state index in [1.165, 1.54) is 0 Å². The Kier molecular flexibility index (Phi) is 6.31. The van der Waals surface area contributed by atoms with Gasteiger partial charge in [-0.2, -0.15) is 4.98 Å². The van der Waals surface area contributed by atoms with E-state index >= 15 is 0 Å². The molecule has 162 valence electrons. The van der Waals surface area contributed by atoms with Gasteiger partial charge in [-0.05, 0) is 72.8 Å². The van der Waals surface area contributed by atoms with Crippen molar-refractivity contribution in [1.82, 2.24) is 10.1 Å². The molecule has 1 amide bonds. The Hall–Kier alpha value is -4.33. The van der Waals surface area contributed by atoms with E-state index < -0.39 is 0 Å². The smallest absolute Gasteiger partial charge is 0.262 e. The summed E-state index contributed by atoms with van der Waals surface area (Å²) in [5, 5.41) is 6.80. The summed E-state index contributed by atoms with van der Waals surface area (Å²) in [5.74, 6) is 2.63. The van der Waals surface area contributed by atoms with Gasteiger partial charge in [-0.15, -0.1) is 0 Å². The van der Waals surface area contributed by atoms with Crippen LogP contribution in [0.4, 0.5) is 5.69 Å². The lowest BCUT2D eigenvalue weighted by molar-refractivity contribution is -0.118. The quantitative estimate of drug-likeness (QED) is 0.441. The summed E-state index contributed by atoms with van der Waals surface area (Å²) in [7, 11) is 3.20. The van der Waals surface area contributed by atoms with Crippen molar-refractivity contribution in [3.63, 3.8) is 0 Å². The van der Waals surface area contributed by atoms with Crippen LogP contribution in [0.1, 0.15) is 0 Å². The number of ether oxygens (including phenoxy) is 3. The molecule has 4 aromatic rings. The maximum Gasteiger partial charge on any atom is 0.262 e. The van der Waals surface area contributed by atoms with E-state index in [1.54, 1.807) is 62.8 Å². The van der Waals surface area contributed by atoms with Crippen LogP contribution in [0.3, 0.4) is 0 Å². The van der Waals surface area contributed by atoms with Gasteiger partial charge in [0.1, 0.15) is 17.2 Å². The number of methoxy groups -OCH3 is 2. The second-order valence-electron chi connectivity index (χ2n) is 6.74. The number of carbonyl (C=O) groups is 1. The molecule has 1 heterocycles. The Bertz CT molecular complexity index is 1170. The molecule has 0 aliphatic heterocycles. The molecule has 3 aromatic carbocycles. The van der Waals surface area contributed by atoms with Crippen molar-refractivity contribution in [2.75, 3.05) is 26.1 Å². The number of nitrogens with one attached hydrogen (secondary N) is 1. The molecule has 4 rings (SSSR count). The molecule has 8 nitrogen and oxygen atoms in total. The lowest BCUT2D eigenvalue weighted by Crippen LogP contribution is -2.20. The molecule has 1 N–H and O–H groups in total. The van der Waals surface area contributed by atoms with E-state index in [4.69, 9.17) is 18.7 Å². The lowest BCUT2D eigenvalue weighted by atomic mass is 10.2. The average Bonchev–Trinajstić information content (AvgIpc) is 3.34. The van der Waals surface area contributed by atoms with E-state index in [0.717, 1.165) is 22.6 Å². The number of rotatable bonds is 8. The second kappa shape index (κ2) is 9.65. The number of aromatic nitrogens is 2. The summed E-state index contributed by atoms with van der Waals surface area (Å²) in [5.41, 5.74) is 2.23. The topological polar surface area (TPSA) is 95.7 Å². The lowest BCUT2D eigenvalue weighted by Gasteiger charge is -2.08. The van der Waals surface area contributed by atoms with Gasteiger partial charge < -0.3 is 24.1 Å². The molecule has 32 heavy (non-hydrogen) atoms. The molecule has 1 aromatic heterocycles. The van der Waals surface area contributed by atoms with Gasteiger partial charge in [0.15, 0.2) is 6.61 Å². The minimum atomic E-state index is -0.264. The molecule has 0 atom stereocenters. The molecular weight excluding hydrogens is 410 g/mol. The Morgan fingerprint density at radius 2 is 1.38 bits per heavy atom. The highest BCUT2D eigenvalue weighted by molar-refractivity contribution is 5.91. The van der Waals surface area contributed by atoms with Crippen LogP contribution < -0.4 is 19.5 Å². The second-order valence-corrected chi connectivity index (χ2v) is 6.74. The van der Waals surface area contributed by atoms with Gasteiger partial charge in [0.2, 0.25) is 5.82 Å². The largest absolute Gasteiger partial charge is 0.497 e. The summed E-state index contributed by atoms with van der Waals surface area (Å²) in [6.45, 7) is -0.118. The predicted octanol–water partition coefficient (Wildman–Crippen LogP) is 4.44. The number of nitrogens with zero attached hydrogens (tertiary/aromatic N) is 2. The van der Waals surface area contributed by atoms with Crippen molar-refractivity contribution < 1.29 is 23.5 Å². The molecular formula is C24H21N3O5. The van der Waals surface area contributed by atoms with Crippen molar-refractivity contribution in [2.24, 2.45) is 0 Å². The maximum absolute atomic E-state index is 12.1. The summed E-state index contributed by atoms with van der Waals surface area (Å²) in [6.07, 6.45) is 0. The zero-order valence-electron chi connectivity index (χ0n) is 17.6. The Morgan fingerprint density at radius 3 is 2.00 bits per heavy atom. The van der Waals surface area contributed by atoms with Crippen LogP contribution >= 0.6 is 0 Å². The number of carbonyl (C=O) groups excluding carboxylic acids is 1. The molecule has 0 unspecified atom stereocenters. The molecule has 0 spiro atoms. The Labute approximate surface area is 184 Å². The van der Waals surface area contributed by atoms with E-state index in [9.17, 15) is 4.79 Å². The van der Waals surface area contributed by atoms with Crippen LogP contribution in [0.25, 0.3) is 22.8 Å². The fourth-order valence-electron chi connectivity index (χ4n) is 2.91. The van der Waals surface area contributed by atoms with Gasteiger partial charge in [-0.1, -0.05) is 5.16 Å². The van der Waals surface area contributed by atoms with Gasteiger partial charge in [-0.25, -0.2) is 0 Å². The fraction of sp³-hybridized carbons (Fsp3) is 0.125. The van der Waals surface area contributed by atoms with E-state index in [2.05, 4.69) is 15.5 Å². The Morgan fingerprint density at radius 1 is 0.812 bits per heavy atom. The van der Waals surface area contributed by atoms with Crippen LogP contribution in [-0.4, -0.2) is 36.9 Å². The third-order valence-corrected chi connectivity index (χ3v) is 4.62. The van der Waals surface area contributed by atoms with Gasteiger partial charge in [-0.3, -0.25) is 4.79 Å². The normalized spacial score (nSPS) is 10.4. The fourth-order valence-corrected chi connectivity index (χ4v) is 2.91. The van der Waals surface area contributed by atoms with Crippen molar-refractivity contribution in [3.8, 4) is 40.1 Å². The van der Waals surface area contributed by atoms with Crippen LogP contribution in [0, 0.1) is 0 Å². The first kappa shape index (κ1) is 20.9. The van der Waals surface area contributed by atoms with E-state index in [-0.39, 0.29) is 12.5 Å². The van der Waals surface area contributed by atoms with Gasteiger partial charge in [0, 0.05) is 16.8 Å². The van der Waals surface area contributed by atoms with Gasteiger partial charge >= 0.3 is 0 Å². The monoisotopic (exact) mass is 431 g/mol. The third kappa shape index (κ3) is 5.04. The zero-order valence-corrected chi connectivity index (χ0v) is 17.6. The molecule has 8 heteroatoms. The molecule has 0 saturated heterocycles. The summed E-state index contributed by atoms with van der Waals surface area (Å²) in [4.78, 5) is 16.5. The maximum atomic E-state index is 12.1. The zero-order chi connectivity index (χ0) is 22.3. The minimum absolute atomic E-state index is 0.118. The highest BCUT2D eigenvalue weighted by Gasteiger charge is 2.11. The van der Waals surface area contributed by atoms with E-state index in [0.29, 0.717) is 23.2 Å². The van der Waals surface area contributed by atoms with E-state index in [1.807, 2.05) is 24.3 Å². The molecule has 0 aliphatic rings. The first-order valence-corrected chi connectivity index (χ1v) is 9.80. The molecule has 0 bridgehead atoms. The molecule has 0 saturated carbocycles. The third-order valence-electron chi connectivity index (χ3n) is 4.62. The molecule has 0 fully saturated rings. The first-order valence-electron chi connectivity index (χ1n) is 9.80. The summed E-state index contributed by atoms with van der Waals surface area (Å²) >= 11 is 0. The summed E-state index contributed by atoms with van der Waals surface area (Å²) in [6, 6.07) is 21.5. The standard InChI is InChI=1S/C24H21N3O5/c1-29-19-9-3-16(4-10-19)23-26-24(32-27-23)17-5-11-21(12-6-17)31-15-22(28)25-18-7-13-20(30-2)14-8-18/h3-14H,15H2,1-2H3,(H,25,28).